The van der Waals surface area contributed by atoms with Crippen LogP contribution in [0, 0.1) is 0 Å². The molecule has 0 rings (SSSR count). The predicted octanol–water partition coefficient (Wildman–Crippen LogP) is 0.603. The average molecular weight is 225 g/mol. The van der Waals surface area contributed by atoms with Gasteiger partial charge in [0.15, 0.2) is 5.85 Å². The third kappa shape index (κ3) is 5.08. The van der Waals surface area contributed by atoms with E-state index in [2.05, 4.69) is 0 Å². The number of hydrogen-bond acceptors (Lipinski definition) is 3. The molecule has 86 valence electrons. The number of nitrogens with zero attached hydrogens (tertiary/aromatic N) is 1. The zero-order valence-electron chi connectivity index (χ0n) is 8.92. The summed E-state index contributed by atoms with van der Waals surface area (Å²) < 4.78 is 10.7. The largest absolute Gasteiger partial charge is 0.379 e. The Morgan fingerprint density at radius 3 is 2.14 bits per heavy atom. The van der Waals surface area contributed by atoms with Gasteiger partial charge in [-0.1, -0.05) is 6.92 Å². The lowest BCUT2D eigenvalue weighted by Gasteiger charge is -2.28. The van der Waals surface area contributed by atoms with Crippen LogP contribution in [0.25, 0.3) is 0 Å². The van der Waals surface area contributed by atoms with Crippen molar-refractivity contribution in [3.63, 3.8) is 0 Å². The smallest absolute Gasteiger partial charge is 0.355 e. The van der Waals surface area contributed by atoms with Crippen LogP contribution in [-0.2, 0) is 4.57 Å². The van der Waals surface area contributed by atoms with Crippen LogP contribution in [0.2, 0.25) is 0 Å². The maximum atomic E-state index is 10.7. The molecular formula is C8H20NO4P. The molecule has 0 saturated heterocycles. The van der Waals surface area contributed by atoms with Gasteiger partial charge in [-0.2, -0.15) is 0 Å². The fourth-order valence-corrected chi connectivity index (χ4v) is 1.59. The second-order valence-corrected chi connectivity index (χ2v) is 5.43. The number of aliphatic hydroxyl groups excluding tert-OH is 1. The summed E-state index contributed by atoms with van der Waals surface area (Å²) in [5.41, 5.74) is 0. The molecule has 1 unspecified atom stereocenters. The second kappa shape index (κ2) is 5.83. The first-order chi connectivity index (χ1) is 6.29. The highest BCUT2D eigenvalue weighted by Gasteiger charge is 2.28. The highest BCUT2D eigenvalue weighted by atomic mass is 31.2. The first-order valence-electron chi connectivity index (χ1n) is 4.76. The van der Waals surface area contributed by atoms with E-state index in [-0.39, 0.29) is 12.6 Å². The predicted molar refractivity (Wildman–Crippen MR) is 55.1 cm³/mol. The van der Waals surface area contributed by atoms with Crippen molar-refractivity contribution in [1.29, 1.82) is 0 Å². The van der Waals surface area contributed by atoms with Crippen LogP contribution >= 0.6 is 7.60 Å². The standard InChI is InChI=1S/C8H20NO4P/c1-4-5-9(7(2)3)6-8(10)14(11,12)13/h7-8,10H,4-6H2,1-3H3,(H2,11,12,13). The molecule has 0 fully saturated rings. The van der Waals surface area contributed by atoms with Gasteiger partial charge in [0.1, 0.15) is 0 Å². The van der Waals surface area contributed by atoms with E-state index in [0.717, 1.165) is 13.0 Å². The van der Waals surface area contributed by atoms with E-state index in [1.807, 2.05) is 25.7 Å². The Morgan fingerprint density at radius 2 is 1.86 bits per heavy atom. The van der Waals surface area contributed by atoms with Gasteiger partial charge in [0.05, 0.1) is 0 Å². The van der Waals surface area contributed by atoms with Gasteiger partial charge in [0.2, 0.25) is 0 Å². The van der Waals surface area contributed by atoms with Crippen LogP contribution in [0.4, 0.5) is 0 Å². The summed E-state index contributed by atoms with van der Waals surface area (Å²) in [5, 5.41) is 9.23. The molecule has 0 aliphatic heterocycles. The molecule has 0 aliphatic rings. The molecule has 0 spiro atoms. The Hall–Kier alpha value is 0.0700. The monoisotopic (exact) mass is 225 g/mol. The normalized spacial score (nSPS) is 15.1. The molecule has 0 aromatic rings. The van der Waals surface area contributed by atoms with Crippen LogP contribution in [0.1, 0.15) is 27.2 Å². The first-order valence-corrected chi connectivity index (χ1v) is 6.44. The van der Waals surface area contributed by atoms with Crippen LogP contribution in [0.3, 0.4) is 0 Å². The van der Waals surface area contributed by atoms with Gasteiger partial charge in [0, 0.05) is 12.6 Å². The third-order valence-corrected chi connectivity index (χ3v) is 2.97. The number of rotatable bonds is 6. The molecule has 3 N–H and O–H groups in total. The van der Waals surface area contributed by atoms with E-state index in [1.54, 1.807) is 0 Å². The SMILES string of the molecule is CCCN(CC(O)P(=O)(O)O)C(C)C. The summed E-state index contributed by atoms with van der Waals surface area (Å²) in [6.45, 7) is 6.61. The van der Waals surface area contributed by atoms with E-state index in [0.29, 0.717) is 0 Å². The third-order valence-electron chi connectivity index (χ3n) is 2.03. The van der Waals surface area contributed by atoms with Crippen molar-refractivity contribution in [2.45, 2.75) is 39.1 Å². The number of aliphatic hydroxyl groups is 1. The summed E-state index contributed by atoms with van der Waals surface area (Å²) >= 11 is 0. The van der Waals surface area contributed by atoms with Crippen molar-refractivity contribution >= 4 is 7.60 Å². The summed E-state index contributed by atoms with van der Waals surface area (Å²) in [5.74, 6) is -1.57. The Kier molecular flexibility index (Phi) is 5.86. The van der Waals surface area contributed by atoms with Gasteiger partial charge in [0.25, 0.3) is 0 Å². The fourth-order valence-electron chi connectivity index (χ4n) is 1.16. The van der Waals surface area contributed by atoms with E-state index in [1.165, 1.54) is 0 Å². The second-order valence-electron chi connectivity index (χ2n) is 3.66. The van der Waals surface area contributed by atoms with Gasteiger partial charge in [-0.15, -0.1) is 0 Å². The highest BCUT2D eigenvalue weighted by molar-refractivity contribution is 7.52. The maximum Gasteiger partial charge on any atom is 0.355 e. The van der Waals surface area contributed by atoms with Crippen LogP contribution in [-0.4, -0.2) is 44.8 Å². The molecule has 0 aromatic carbocycles. The van der Waals surface area contributed by atoms with Crippen molar-refractivity contribution in [3.8, 4) is 0 Å². The first kappa shape index (κ1) is 14.1. The lowest BCUT2D eigenvalue weighted by atomic mass is 10.3. The molecule has 0 aliphatic carbocycles. The van der Waals surface area contributed by atoms with Crippen LogP contribution in [0.15, 0.2) is 0 Å². The Balaban J connectivity index is 4.23. The molecule has 6 heteroatoms. The zero-order chi connectivity index (χ0) is 11.4. The van der Waals surface area contributed by atoms with Crippen LogP contribution in [0.5, 0.6) is 0 Å². The zero-order valence-corrected chi connectivity index (χ0v) is 9.81. The van der Waals surface area contributed by atoms with Crippen LogP contribution < -0.4 is 0 Å². The van der Waals surface area contributed by atoms with Crippen molar-refractivity contribution in [2.24, 2.45) is 0 Å². The topological polar surface area (TPSA) is 81.0 Å². The minimum absolute atomic E-state index is 0.0236. The molecule has 0 aromatic heterocycles. The van der Waals surface area contributed by atoms with Gasteiger partial charge < -0.3 is 14.9 Å². The lowest BCUT2D eigenvalue weighted by Crippen LogP contribution is -2.38. The summed E-state index contributed by atoms with van der Waals surface area (Å²) in [4.78, 5) is 19.3. The van der Waals surface area contributed by atoms with Crippen molar-refractivity contribution in [2.75, 3.05) is 13.1 Å². The molecule has 0 bridgehead atoms. The van der Waals surface area contributed by atoms with Crippen molar-refractivity contribution in [3.05, 3.63) is 0 Å². The maximum absolute atomic E-state index is 10.7. The van der Waals surface area contributed by atoms with E-state index in [9.17, 15) is 9.67 Å². The Labute approximate surface area is 84.9 Å². The van der Waals surface area contributed by atoms with Gasteiger partial charge >= 0.3 is 7.60 Å². The fraction of sp³-hybridized carbons (Fsp3) is 1.00. The van der Waals surface area contributed by atoms with Crippen molar-refractivity contribution in [1.82, 2.24) is 4.90 Å². The van der Waals surface area contributed by atoms with Gasteiger partial charge in [-0.25, -0.2) is 0 Å². The van der Waals surface area contributed by atoms with Crippen molar-refractivity contribution < 1.29 is 19.5 Å². The molecule has 5 nitrogen and oxygen atoms in total. The molecule has 0 radical (unpaired) electrons. The molecule has 0 amide bonds. The molecule has 1 atom stereocenters. The van der Waals surface area contributed by atoms with E-state index >= 15 is 0 Å². The summed E-state index contributed by atoms with van der Waals surface area (Å²) in [6.07, 6.45) is 0.895. The number of hydrogen-bond donors (Lipinski definition) is 3. The molecule has 14 heavy (non-hydrogen) atoms. The Morgan fingerprint density at radius 1 is 1.36 bits per heavy atom. The minimum Gasteiger partial charge on any atom is -0.379 e. The summed E-state index contributed by atoms with van der Waals surface area (Å²) in [6, 6.07) is 0.177. The highest BCUT2D eigenvalue weighted by Crippen LogP contribution is 2.39. The molecule has 0 heterocycles. The minimum atomic E-state index is -4.36. The average Bonchev–Trinajstić information content (AvgIpc) is 2.01. The summed E-state index contributed by atoms with van der Waals surface area (Å²) in [7, 11) is -4.36. The lowest BCUT2D eigenvalue weighted by molar-refractivity contribution is 0.122. The molecular weight excluding hydrogens is 205 g/mol. The molecule has 0 saturated carbocycles. The quantitative estimate of drug-likeness (QED) is 0.577. The van der Waals surface area contributed by atoms with E-state index in [4.69, 9.17) is 9.79 Å². The van der Waals surface area contributed by atoms with Gasteiger partial charge in [-0.3, -0.25) is 9.46 Å². The van der Waals surface area contributed by atoms with Gasteiger partial charge in [-0.05, 0) is 26.8 Å². The Bertz CT molecular complexity index is 204. The van der Waals surface area contributed by atoms with E-state index < -0.39 is 13.4 Å².